The van der Waals surface area contributed by atoms with Crippen molar-refractivity contribution < 1.29 is 19.1 Å². The zero-order valence-corrected chi connectivity index (χ0v) is 13.3. The van der Waals surface area contributed by atoms with Crippen molar-refractivity contribution in [3.8, 4) is 11.5 Å². The van der Waals surface area contributed by atoms with Crippen LogP contribution in [-0.4, -0.2) is 25.0 Å². The molecule has 0 atom stereocenters. The van der Waals surface area contributed by atoms with Crippen LogP contribution >= 0.6 is 0 Å². The first-order valence-corrected chi connectivity index (χ1v) is 7.72. The van der Waals surface area contributed by atoms with Gasteiger partial charge in [-0.3, -0.25) is 9.59 Å². The van der Waals surface area contributed by atoms with E-state index >= 15 is 0 Å². The van der Waals surface area contributed by atoms with Gasteiger partial charge in [-0.25, -0.2) is 0 Å². The highest BCUT2D eigenvalue weighted by Gasteiger charge is 2.16. The summed E-state index contributed by atoms with van der Waals surface area (Å²) in [6.45, 7) is 1.99. The quantitative estimate of drug-likeness (QED) is 0.885. The molecule has 0 saturated carbocycles. The molecule has 0 unspecified atom stereocenters. The molecule has 3 rings (SSSR count). The van der Waals surface area contributed by atoms with E-state index in [2.05, 4.69) is 17.6 Å². The SMILES string of the molecule is CCc1ccc(OCC(=O)Nc2ccc3c(c2)NC(=O)CO3)cc1. The minimum atomic E-state index is -0.280. The van der Waals surface area contributed by atoms with Crippen molar-refractivity contribution in [3.05, 3.63) is 48.0 Å². The van der Waals surface area contributed by atoms with Gasteiger partial charge in [0.05, 0.1) is 5.69 Å². The van der Waals surface area contributed by atoms with Crippen molar-refractivity contribution in [3.63, 3.8) is 0 Å². The molecule has 124 valence electrons. The molecule has 6 nitrogen and oxygen atoms in total. The maximum Gasteiger partial charge on any atom is 0.262 e. The Hall–Kier alpha value is -3.02. The van der Waals surface area contributed by atoms with Crippen LogP contribution in [0, 0.1) is 0 Å². The lowest BCUT2D eigenvalue weighted by molar-refractivity contribution is -0.119. The molecule has 1 aliphatic heterocycles. The maximum atomic E-state index is 12.0. The average molecular weight is 326 g/mol. The summed E-state index contributed by atoms with van der Waals surface area (Å²) < 4.78 is 10.7. The summed E-state index contributed by atoms with van der Waals surface area (Å²) in [5.41, 5.74) is 2.32. The summed E-state index contributed by atoms with van der Waals surface area (Å²) in [6.07, 6.45) is 0.958. The van der Waals surface area contributed by atoms with Crippen LogP contribution in [0.5, 0.6) is 11.5 Å². The lowest BCUT2D eigenvalue weighted by atomic mass is 10.2. The summed E-state index contributed by atoms with van der Waals surface area (Å²) in [7, 11) is 0. The number of nitrogens with one attached hydrogen (secondary N) is 2. The van der Waals surface area contributed by atoms with Crippen molar-refractivity contribution >= 4 is 23.2 Å². The number of fused-ring (bicyclic) bond motifs is 1. The van der Waals surface area contributed by atoms with Gasteiger partial charge >= 0.3 is 0 Å². The van der Waals surface area contributed by atoms with Crippen LogP contribution < -0.4 is 20.1 Å². The molecule has 0 bridgehead atoms. The van der Waals surface area contributed by atoms with E-state index in [0.29, 0.717) is 22.9 Å². The Morgan fingerprint density at radius 2 is 2.04 bits per heavy atom. The third kappa shape index (κ3) is 3.84. The number of anilines is 2. The number of carbonyl (C=O) groups excluding carboxylic acids is 2. The average Bonchev–Trinajstić information content (AvgIpc) is 2.60. The van der Waals surface area contributed by atoms with Gasteiger partial charge in [0.1, 0.15) is 11.5 Å². The predicted octanol–water partition coefficient (Wildman–Crippen LogP) is 2.60. The zero-order chi connectivity index (χ0) is 16.9. The first-order valence-electron chi connectivity index (χ1n) is 7.72. The largest absolute Gasteiger partial charge is 0.484 e. The molecule has 24 heavy (non-hydrogen) atoms. The highest BCUT2D eigenvalue weighted by Crippen LogP contribution is 2.30. The van der Waals surface area contributed by atoms with E-state index in [1.54, 1.807) is 18.2 Å². The first-order chi connectivity index (χ1) is 11.6. The Balaban J connectivity index is 1.56. The maximum absolute atomic E-state index is 12.0. The second-order valence-electron chi connectivity index (χ2n) is 5.38. The number of rotatable bonds is 5. The van der Waals surface area contributed by atoms with E-state index in [9.17, 15) is 9.59 Å². The predicted molar refractivity (Wildman–Crippen MR) is 90.5 cm³/mol. The van der Waals surface area contributed by atoms with Gasteiger partial charge in [0.2, 0.25) is 0 Å². The van der Waals surface area contributed by atoms with Crippen molar-refractivity contribution in [2.24, 2.45) is 0 Å². The summed E-state index contributed by atoms with van der Waals surface area (Å²) in [6, 6.07) is 12.7. The third-order valence-corrected chi connectivity index (χ3v) is 3.60. The van der Waals surface area contributed by atoms with E-state index in [1.165, 1.54) is 5.56 Å². The van der Waals surface area contributed by atoms with Crippen LogP contribution in [0.25, 0.3) is 0 Å². The molecule has 0 radical (unpaired) electrons. The van der Waals surface area contributed by atoms with Crippen LogP contribution in [0.4, 0.5) is 11.4 Å². The van der Waals surface area contributed by atoms with Crippen molar-refractivity contribution in [1.29, 1.82) is 0 Å². The fraction of sp³-hybridized carbons (Fsp3) is 0.222. The van der Waals surface area contributed by atoms with Crippen LogP contribution in [0.3, 0.4) is 0 Å². The number of carbonyl (C=O) groups is 2. The standard InChI is InChI=1S/C18H18N2O4/c1-2-12-3-6-14(7-4-12)23-10-17(21)19-13-5-8-16-15(9-13)20-18(22)11-24-16/h3-9H,2,10-11H2,1H3,(H,19,21)(H,20,22). The lowest BCUT2D eigenvalue weighted by Crippen LogP contribution is -2.25. The summed E-state index contributed by atoms with van der Waals surface area (Å²) in [5, 5.41) is 5.42. The van der Waals surface area contributed by atoms with E-state index in [1.807, 2.05) is 24.3 Å². The molecule has 0 fully saturated rings. The Bertz CT molecular complexity index is 756. The third-order valence-electron chi connectivity index (χ3n) is 3.60. The molecule has 2 amide bonds. The Morgan fingerprint density at radius 1 is 1.25 bits per heavy atom. The van der Waals surface area contributed by atoms with Gasteiger partial charge in [-0.2, -0.15) is 0 Å². The Labute approximate surface area is 139 Å². The topological polar surface area (TPSA) is 76.7 Å². The van der Waals surface area contributed by atoms with Crippen LogP contribution in [0.15, 0.2) is 42.5 Å². The number of amides is 2. The van der Waals surface area contributed by atoms with Gasteiger partial charge in [0.25, 0.3) is 11.8 Å². The molecule has 2 aromatic carbocycles. The molecule has 1 heterocycles. The van der Waals surface area contributed by atoms with Gasteiger partial charge in [-0.1, -0.05) is 19.1 Å². The van der Waals surface area contributed by atoms with Gasteiger partial charge in [-0.15, -0.1) is 0 Å². The fourth-order valence-electron chi connectivity index (χ4n) is 2.33. The summed E-state index contributed by atoms with van der Waals surface area (Å²) in [4.78, 5) is 23.3. The number of benzene rings is 2. The lowest BCUT2D eigenvalue weighted by Gasteiger charge is -2.18. The second kappa shape index (κ2) is 7.04. The van der Waals surface area contributed by atoms with Crippen molar-refractivity contribution in [2.45, 2.75) is 13.3 Å². The molecule has 0 saturated heterocycles. The fourth-order valence-corrected chi connectivity index (χ4v) is 2.33. The molecule has 6 heteroatoms. The molecule has 0 aliphatic carbocycles. The number of hydrogen-bond donors (Lipinski definition) is 2. The minimum absolute atomic E-state index is 0.00334. The number of aryl methyl sites for hydroxylation is 1. The molecule has 0 aromatic heterocycles. The first kappa shape index (κ1) is 15.9. The molecule has 0 spiro atoms. The second-order valence-corrected chi connectivity index (χ2v) is 5.38. The summed E-state index contributed by atoms with van der Waals surface area (Å²) >= 11 is 0. The molecule has 2 N–H and O–H groups in total. The smallest absolute Gasteiger partial charge is 0.262 e. The molecular formula is C18H18N2O4. The van der Waals surface area contributed by atoms with Gasteiger partial charge < -0.3 is 20.1 Å². The van der Waals surface area contributed by atoms with E-state index in [4.69, 9.17) is 9.47 Å². The molecule has 2 aromatic rings. The van der Waals surface area contributed by atoms with Gasteiger partial charge in [0.15, 0.2) is 13.2 Å². The van der Waals surface area contributed by atoms with Gasteiger partial charge in [0, 0.05) is 5.69 Å². The monoisotopic (exact) mass is 326 g/mol. The van der Waals surface area contributed by atoms with Crippen LogP contribution in [0.2, 0.25) is 0 Å². The summed E-state index contributed by atoms with van der Waals surface area (Å²) in [5.74, 6) is 0.732. The molecule has 1 aliphatic rings. The van der Waals surface area contributed by atoms with E-state index in [0.717, 1.165) is 6.42 Å². The van der Waals surface area contributed by atoms with Crippen LogP contribution in [-0.2, 0) is 16.0 Å². The number of ether oxygens (including phenoxy) is 2. The minimum Gasteiger partial charge on any atom is -0.484 e. The zero-order valence-electron chi connectivity index (χ0n) is 13.3. The highest BCUT2D eigenvalue weighted by molar-refractivity contribution is 5.97. The van der Waals surface area contributed by atoms with Crippen molar-refractivity contribution in [2.75, 3.05) is 23.8 Å². The van der Waals surface area contributed by atoms with Gasteiger partial charge in [-0.05, 0) is 42.3 Å². The number of hydrogen-bond acceptors (Lipinski definition) is 4. The van der Waals surface area contributed by atoms with Crippen LogP contribution in [0.1, 0.15) is 12.5 Å². The highest BCUT2D eigenvalue weighted by atomic mass is 16.5. The Kier molecular flexibility index (Phi) is 4.65. The molecular weight excluding hydrogens is 308 g/mol. The Morgan fingerprint density at radius 3 is 2.79 bits per heavy atom. The van der Waals surface area contributed by atoms with Crippen molar-refractivity contribution in [1.82, 2.24) is 0 Å². The van der Waals surface area contributed by atoms with E-state index < -0.39 is 0 Å². The van der Waals surface area contributed by atoms with E-state index in [-0.39, 0.29) is 25.0 Å². The normalized spacial score (nSPS) is 12.6.